The van der Waals surface area contributed by atoms with Crippen molar-refractivity contribution in [2.45, 2.75) is 26.0 Å². The van der Waals surface area contributed by atoms with Crippen LogP contribution in [0.4, 0.5) is 5.69 Å². The van der Waals surface area contributed by atoms with Gasteiger partial charge in [-0.15, -0.1) is 0 Å². The number of aliphatic hydroxyl groups excluding tert-OH is 1. The lowest BCUT2D eigenvalue weighted by Crippen LogP contribution is -2.29. The summed E-state index contributed by atoms with van der Waals surface area (Å²) in [6.07, 6.45) is 0.00573. The van der Waals surface area contributed by atoms with Crippen LogP contribution in [-0.2, 0) is 9.59 Å². The van der Waals surface area contributed by atoms with Gasteiger partial charge >= 0.3 is 0 Å². The molecule has 168 valence electrons. The molecule has 1 amide bonds. The molecule has 6 heteroatoms. The smallest absolute Gasteiger partial charge is 0.300 e. The molecule has 0 aliphatic carbocycles. The van der Waals surface area contributed by atoms with Crippen LogP contribution in [0.1, 0.15) is 31.0 Å². The molecule has 1 fully saturated rings. The summed E-state index contributed by atoms with van der Waals surface area (Å²) in [5.41, 5.74) is 1.57. The lowest BCUT2D eigenvalue weighted by molar-refractivity contribution is -0.132. The Bertz CT molecular complexity index is 1200. The van der Waals surface area contributed by atoms with Crippen LogP contribution in [0.25, 0.3) is 5.76 Å². The zero-order chi connectivity index (χ0) is 23.5. The molecule has 1 saturated heterocycles. The number of methoxy groups -OCH3 is 1. The summed E-state index contributed by atoms with van der Waals surface area (Å²) in [4.78, 5) is 27.8. The number of anilines is 1. The van der Waals surface area contributed by atoms with E-state index in [0.29, 0.717) is 28.3 Å². The summed E-state index contributed by atoms with van der Waals surface area (Å²) in [5, 5.41) is 11.2. The Hall–Kier alpha value is -4.06. The number of nitrogens with zero attached hydrogens (tertiary/aromatic N) is 1. The van der Waals surface area contributed by atoms with Crippen LogP contribution in [-0.4, -0.2) is 30.0 Å². The third-order valence-electron chi connectivity index (χ3n) is 5.41. The number of ether oxygens (including phenoxy) is 2. The number of benzene rings is 3. The van der Waals surface area contributed by atoms with Crippen molar-refractivity contribution >= 4 is 23.1 Å². The highest BCUT2D eigenvalue weighted by Gasteiger charge is 2.47. The monoisotopic (exact) mass is 443 g/mol. The maximum absolute atomic E-state index is 13.2. The number of ketones is 1. The Morgan fingerprint density at radius 2 is 1.55 bits per heavy atom. The molecule has 3 aromatic rings. The fourth-order valence-corrected chi connectivity index (χ4v) is 3.99. The summed E-state index contributed by atoms with van der Waals surface area (Å²) in [5.74, 6) is -0.559. The van der Waals surface area contributed by atoms with Gasteiger partial charge in [-0.05, 0) is 56.3 Å². The van der Waals surface area contributed by atoms with Crippen molar-refractivity contribution < 1.29 is 24.2 Å². The molecule has 1 aliphatic heterocycles. The van der Waals surface area contributed by atoms with E-state index in [1.165, 1.54) is 12.0 Å². The van der Waals surface area contributed by atoms with E-state index in [1.807, 2.05) is 26.0 Å². The van der Waals surface area contributed by atoms with E-state index in [2.05, 4.69) is 0 Å². The molecule has 0 aromatic heterocycles. The highest BCUT2D eigenvalue weighted by molar-refractivity contribution is 6.51. The van der Waals surface area contributed by atoms with Crippen LogP contribution in [0.3, 0.4) is 0 Å². The van der Waals surface area contributed by atoms with E-state index >= 15 is 0 Å². The molecule has 0 saturated carbocycles. The molecule has 3 aromatic carbocycles. The molecule has 0 bridgehead atoms. The number of carbonyl (C=O) groups is 2. The first kappa shape index (κ1) is 22.1. The van der Waals surface area contributed by atoms with Crippen LogP contribution in [0.2, 0.25) is 0 Å². The maximum atomic E-state index is 13.2. The van der Waals surface area contributed by atoms with Crippen LogP contribution < -0.4 is 14.4 Å². The van der Waals surface area contributed by atoms with Gasteiger partial charge in [-0.2, -0.15) is 0 Å². The van der Waals surface area contributed by atoms with E-state index < -0.39 is 17.7 Å². The first-order valence-corrected chi connectivity index (χ1v) is 10.7. The maximum Gasteiger partial charge on any atom is 0.300 e. The average Bonchev–Trinajstić information content (AvgIpc) is 3.09. The van der Waals surface area contributed by atoms with Gasteiger partial charge in [0.25, 0.3) is 11.7 Å². The Labute approximate surface area is 192 Å². The molecule has 33 heavy (non-hydrogen) atoms. The average molecular weight is 443 g/mol. The first-order valence-electron chi connectivity index (χ1n) is 10.7. The molecular weight excluding hydrogens is 418 g/mol. The predicted octanol–water partition coefficient (Wildman–Crippen LogP) is 5.11. The topological polar surface area (TPSA) is 76.1 Å². The molecule has 1 heterocycles. The number of aliphatic hydroxyl groups is 1. The fourth-order valence-electron chi connectivity index (χ4n) is 3.99. The van der Waals surface area contributed by atoms with Gasteiger partial charge in [-0.25, -0.2) is 0 Å². The normalized spacial score (nSPS) is 17.5. The van der Waals surface area contributed by atoms with Crippen molar-refractivity contribution in [2.24, 2.45) is 0 Å². The second-order valence-corrected chi connectivity index (χ2v) is 7.94. The summed E-state index contributed by atoms with van der Waals surface area (Å²) in [6, 6.07) is 22.0. The minimum Gasteiger partial charge on any atom is -0.507 e. The number of para-hydroxylation sites is 2. The van der Waals surface area contributed by atoms with Crippen molar-refractivity contribution in [3.8, 4) is 11.5 Å². The van der Waals surface area contributed by atoms with Gasteiger partial charge in [0.1, 0.15) is 17.3 Å². The quantitative estimate of drug-likeness (QED) is 0.326. The molecule has 6 nitrogen and oxygen atoms in total. The van der Waals surface area contributed by atoms with Crippen molar-refractivity contribution in [2.75, 3.05) is 12.0 Å². The van der Waals surface area contributed by atoms with Gasteiger partial charge < -0.3 is 14.6 Å². The van der Waals surface area contributed by atoms with E-state index in [1.54, 1.807) is 66.7 Å². The SMILES string of the molecule is COc1ccccc1C1/C(=C(/O)c2ccc(OC(C)C)cc2)C(=O)C(=O)N1c1ccccc1. The zero-order valence-corrected chi connectivity index (χ0v) is 18.7. The molecule has 1 unspecified atom stereocenters. The Balaban J connectivity index is 1.89. The van der Waals surface area contributed by atoms with Gasteiger partial charge in [0.05, 0.1) is 24.8 Å². The molecule has 1 N–H and O–H groups in total. The summed E-state index contributed by atoms with van der Waals surface area (Å²) < 4.78 is 11.2. The number of amides is 1. The van der Waals surface area contributed by atoms with Crippen molar-refractivity contribution in [1.29, 1.82) is 0 Å². The van der Waals surface area contributed by atoms with Gasteiger partial charge in [-0.1, -0.05) is 36.4 Å². The second kappa shape index (κ2) is 9.20. The third-order valence-corrected chi connectivity index (χ3v) is 5.41. The molecular formula is C27H25NO5. The molecule has 1 aliphatic rings. The van der Waals surface area contributed by atoms with Crippen LogP contribution in [0, 0.1) is 0 Å². The van der Waals surface area contributed by atoms with E-state index in [4.69, 9.17) is 9.47 Å². The predicted molar refractivity (Wildman–Crippen MR) is 126 cm³/mol. The van der Waals surface area contributed by atoms with Crippen molar-refractivity contribution in [3.63, 3.8) is 0 Å². The molecule has 0 spiro atoms. The largest absolute Gasteiger partial charge is 0.507 e. The zero-order valence-electron chi connectivity index (χ0n) is 18.7. The standard InChI is InChI=1S/C27H25NO5/c1-17(2)33-20-15-13-18(14-16-20)25(29)23-24(21-11-7-8-12-22(21)32-3)28(27(31)26(23)30)19-9-5-4-6-10-19/h4-17,24,29H,1-3H3/b25-23-. The van der Waals surface area contributed by atoms with Crippen LogP contribution in [0.5, 0.6) is 11.5 Å². The highest BCUT2D eigenvalue weighted by atomic mass is 16.5. The number of carbonyl (C=O) groups excluding carboxylic acids is 2. The van der Waals surface area contributed by atoms with E-state index in [-0.39, 0.29) is 17.4 Å². The summed E-state index contributed by atoms with van der Waals surface area (Å²) in [7, 11) is 1.53. The van der Waals surface area contributed by atoms with Crippen molar-refractivity contribution in [1.82, 2.24) is 0 Å². The molecule has 4 rings (SSSR count). The Morgan fingerprint density at radius 1 is 0.909 bits per heavy atom. The Morgan fingerprint density at radius 3 is 2.18 bits per heavy atom. The minimum absolute atomic E-state index is 0.00545. The van der Waals surface area contributed by atoms with Gasteiger partial charge in [0.15, 0.2) is 0 Å². The number of rotatable bonds is 6. The number of hydrogen-bond acceptors (Lipinski definition) is 5. The van der Waals surface area contributed by atoms with E-state index in [0.717, 1.165) is 0 Å². The first-order chi connectivity index (χ1) is 15.9. The van der Waals surface area contributed by atoms with Crippen LogP contribution in [0.15, 0.2) is 84.4 Å². The van der Waals surface area contributed by atoms with E-state index in [9.17, 15) is 14.7 Å². The molecule has 0 radical (unpaired) electrons. The second-order valence-electron chi connectivity index (χ2n) is 7.94. The van der Waals surface area contributed by atoms with Crippen molar-refractivity contribution in [3.05, 3.63) is 95.6 Å². The lowest BCUT2D eigenvalue weighted by Gasteiger charge is -2.26. The molecule has 1 atom stereocenters. The fraction of sp³-hybridized carbons (Fsp3) is 0.185. The minimum atomic E-state index is -0.852. The van der Waals surface area contributed by atoms with Gasteiger partial charge in [-0.3, -0.25) is 14.5 Å². The number of hydrogen-bond donors (Lipinski definition) is 1. The third kappa shape index (κ3) is 4.20. The van der Waals surface area contributed by atoms with Crippen LogP contribution >= 0.6 is 0 Å². The summed E-state index contributed by atoms with van der Waals surface area (Å²) >= 11 is 0. The lowest BCUT2D eigenvalue weighted by atomic mass is 9.94. The van der Waals surface area contributed by atoms with Gasteiger partial charge in [0.2, 0.25) is 0 Å². The Kier molecular flexibility index (Phi) is 6.18. The highest BCUT2D eigenvalue weighted by Crippen LogP contribution is 2.44. The van der Waals surface area contributed by atoms with Gasteiger partial charge in [0, 0.05) is 16.8 Å². The number of Topliss-reactive ketones (excluding diaryl/α,β-unsaturated/α-hetero) is 1. The summed E-state index contributed by atoms with van der Waals surface area (Å²) in [6.45, 7) is 3.85.